The van der Waals surface area contributed by atoms with Gasteiger partial charge in [-0.05, 0) is 32.1 Å². The molecule has 2 heterocycles. The minimum absolute atomic E-state index is 0.241. The van der Waals surface area contributed by atoms with Gasteiger partial charge in [-0.15, -0.1) is 0 Å². The van der Waals surface area contributed by atoms with Gasteiger partial charge in [0.2, 0.25) is 0 Å². The Kier molecular flexibility index (Phi) is 5.73. The normalized spacial score (nSPS) is 19.8. The summed E-state index contributed by atoms with van der Waals surface area (Å²) >= 11 is 6.35. The van der Waals surface area contributed by atoms with Crippen molar-refractivity contribution in [2.45, 2.75) is 18.4 Å². The third-order valence-electron chi connectivity index (χ3n) is 5.70. The van der Waals surface area contributed by atoms with E-state index in [2.05, 4.69) is 4.90 Å². The number of hydrogen-bond acceptors (Lipinski definition) is 6. The summed E-state index contributed by atoms with van der Waals surface area (Å²) in [5.41, 5.74) is 1.42. The minimum atomic E-state index is -0.622. The van der Waals surface area contributed by atoms with Crippen LogP contribution in [0.2, 0.25) is 5.02 Å². The largest absolute Gasteiger partial charge is 0.496 e. The predicted octanol–water partition coefficient (Wildman–Crippen LogP) is 3.91. The summed E-state index contributed by atoms with van der Waals surface area (Å²) in [5, 5.41) is 11.6. The number of likely N-dealkylation sites (tertiary alicyclic amines) is 1. The van der Waals surface area contributed by atoms with Crippen LogP contribution in [0.15, 0.2) is 45.6 Å². The predicted molar refractivity (Wildman–Crippen MR) is 117 cm³/mol. The number of halogens is 1. The van der Waals surface area contributed by atoms with Crippen molar-refractivity contribution in [1.29, 1.82) is 0 Å². The SMILES string of the molecule is COc1cc(OC)c2c(=O)cc(-c3ccccc3Cl)oc2c1C1CCN(C)CC1O. The van der Waals surface area contributed by atoms with Crippen LogP contribution in [0.5, 0.6) is 11.5 Å². The molecule has 0 spiro atoms. The number of ether oxygens (including phenoxy) is 2. The van der Waals surface area contributed by atoms with Gasteiger partial charge in [-0.2, -0.15) is 0 Å². The van der Waals surface area contributed by atoms with Gasteiger partial charge in [0.1, 0.15) is 28.2 Å². The molecule has 2 aromatic carbocycles. The van der Waals surface area contributed by atoms with E-state index in [4.69, 9.17) is 25.5 Å². The number of rotatable bonds is 4. The number of fused-ring (bicyclic) bond motifs is 1. The molecule has 3 aromatic rings. The zero-order valence-electron chi connectivity index (χ0n) is 17.1. The minimum Gasteiger partial charge on any atom is -0.496 e. The molecular formula is C23H24ClNO5. The van der Waals surface area contributed by atoms with Crippen LogP contribution in [-0.4, -0.2) is 50.5 Å². The summed E-state index contributed by atoms with van der Waals surface area (Å²) < 4.78 is 17.4. The Bertz CT molecular complexity index is 1140. The van der Waals surface area contributed by atoms with Gasteiger partial charge in [0, 0.05) is 35.7 Å². The zero-order valence-corrected chi connectivity index (χ0v) is 17.9. The molecule has 0 radical (unpaired) electrons. The average molecular weight is 430 g/mol. The number of likely N-dealkylation sites (N-methyl/N-ethyl adjacent to an activating group) is 1. The fourth-order valence-corrected chi connectivity index (χ4v) is 4.43. The van der Waals surface area contributed by atoms with Crippen LogP contribution in [-0.2, 0) is 0 Å². The second kappa shape index (κ2) is 8.30. The summed E-state index contributed by atoms with van der Waals surface area (Å²) in [7, 11) is 5.03. The molecule has 1 fully saturated rings. The monoisotopic (exact) mass is 429 g/mol. The zero-order chi connectivity index (χ0) is 21.4. The Morgan fingerprint density at radius 3 is 2.57 bits per heavy atom. The molecule has 30 heavy (non-hydrogen) atoms. The summed E-state index contributed by atoms with van der Waals surface area (Å²) in [4.78, 5) is 15.2. The van der Waals surface area contributed by atoms with E-state index in [9.17, 15) is 9.90 Å². The van der Waals surface area contributed by atoms with Crippen molar-refractivity contribution in [2.24, 2.45) is 0 Å². The van der Waals surface area contributed by atoms with Crippen LogP contribution in [0, 0.1) is 0 Å². The van der Waals surface area contributed by atoms with Crippen LogP contribution < -0.4 is 14.9 Å². The highest BCUT2D eigenvalue weighted by atomic mass is 35.5. The van der Waals surface area contributed by atoms with E-state index in [-0.39, 0.29) is 11.3 Å². The van der Waals surface area contributed by atoms with Gasteiger partial charge in [0.25, 0.3) is 0 Å². The van der Waals surface area contributed by atoms with Crippen molar-refractivity contribution in [1.82, 2.24) is 4.90 Å². The van der Waals surface area contributed by atoms with E-state index in [1.165, 1.54) is 13.2 Å². The first kappa shape index (κ1) is 20.7. The first-order valence-corrected chi connectivity index (χ1v) is 10.2. The van der Waals surface area contributed by atoms with Crippen LogP contribution in [0.4, 0.5) is 0 Å². The standard InChI is InChI=1S/C23H24ClNO5/c1-25-9-8-14(17(27)12-25)21-19(28-2)11-20(29-3)22-16(26)10-18(30-23(21)22)13-6-4-5-7-15(13)24/h4-7,10-11,14,17,27H,8-9,12H2,1-3H3. The van der Waals surface area contributed by atoms with E-state index in [1.807, 2.05) is 19.2 Å². The maximum Gasteiger partial charge on any atom is 0.197 e. The number of β-amino-alcohol motifs (C(OH)–C–C–N with tert-alkyl or cyclic N) is 1. The van der Waals surface area contributed by atoms with Gasteiger partial charge in [0.15, 0.2) is 5.43 Å². The number of methoxy groups -OCH3 is 2. The van der Waals surface area contributed by atoms with E-state index >= 15 is 0 Å². The molecule has 0 amide bonds. The molecule has 6 nitrogen and oxygen atoms in total. The van der Waals surface area contributed by atoms with E-state index in [0.717, 1.165) is 6.54 Å². The molecule has 7 heteroatoms. The van der Waals surface area contributed by atoms with Gasteiger partial charge in [-0.3, -0.25) is 4.79 Å². The highest BCUT2D eigenvalue weighted by molar-refractivity contribution is 6.33. The molecule has 0 bridgehead atoms. The molecule has 4 rings (SSSR count). The van der Waals surface area contributed by atoms with Gasteiger partial charge < -0.3 is 23.9 Å². The van der Waals surface area contributed by atoms with Gasteiger partial charge >= 0.3 is 0 Å². The Morgan fingerprint density at radius 1 is 1.17 bits per heavy atom. The highest BCUT2D eigenvalue weighted by Gasteiger charge is 2.33. The fraction of sp³-hybridized carbons (Fsp3) is 0.348. The fourth-order valence-electron chi connectivity index (χ4n) is 4.20. The molecule has 158 valence electrons. The van der Waals surface area contributed by atoms with E-state index < -0.39 is 6.10 Å². The second-order valence-corrected chi connectivity index (χ2v) is 7.99. The van der Waals surface area contributed by atoms with E-state index in [1.54, 1.807) is 25.3 Å². The Labute approximate surface area is 179 Å². The summed E-state index contributed by atoms with van der Waals surface area (Å²) in [6.07, 6.45) is 0.0821. The number of benzene rings is 2. The van der Waals surface area contributed by atoms with Crippen LogP contribution in [0.3, 0.4) is 0 Å². The molecule has 1 aromatic heterocycles. The average Bonchev–Trinajstić information content (AvgIpc) is 2.73. The van der Waals surface area contributed by atoms with Gasteiger partial charge in [-0.25, -0.2) is 0 Å². The van der Waals surface area contributed by atoms with Crippen molar-refractivity contribution < 1.29 is 19.0 Å². The van der Waals surface area contributed by atoms with Crippen molar-refractivity contribution in [3.63, 3.8) is 0 Å². The summed E-state index contributed by atoms with van der Waals surface area (Å²) in [6, 6.07) is 10.3. The molecule has 0 saturated carbocycles. The van der Waals surface area contributed by atoms with Gasteiger partial charge in [-0.1, -0.05) is 23.7 Å². The quantitative estimate of drug-likeness (QED) is 0.678. The highest BCUT2D eigenvalue weighted by Crippen LogP contribution is 2.43. The smallest absolute Gasteiger partial charge is 0.197 e. The van der Waals surface area contributed by atoms with Crippen LogP contribution in [0.25, 0.3) is 22.3 Å². The number of hydrogen-bond donors (Lipinski definition) is 1. The van der Waals surface area contributed by atoms with Crippen LogP contribution in [0.1, 0.15) is 17.9 Å². The van der Waals surface area contributed by atoms with E-state index in [0.29, 0.717) is 57.3 Å². The lowest BCUT2D eigenvalue weighted by atomic mass is 9.85. The van der Waals surface area contributed by atoms with Crippen molar-refractivity contribution >= 4 is 22.6 Å². The van der Waals surface area contributed by atoms with Crippen molar-refractivity contribution in [2.75, 3.05) is 34.4 Å². The third kappa shape index (κ3) is 3.55. The lowest BCUT2D eigenvalue weighted by Crippen LogP contribution is -2.40. The van der Waals surface area contributed by atoms with Crippen molar-refractivity contribution in [3.05, 3.63) is 57.2 Å². The maximum absolute atomic E-state index is 13.1. The number of nitrogens with zero attached hydrogens (tertiary/aromatic N) is 1. The lowest BCUT2D eigenvalue weighted by molar-refractivity contribution is 0.0630. The molecule has 0 aliphatic carbocycles. The third-order valence-corrected chi connectivity index (χ3v) is 6.03. The molecule has 1 aliphatic heterocycles. The first-order valence-electron chi connectivity index (χ1n) is 9.78. The number of piperidine rings is 1. The Hall–Kier alpha value is -2.54. The number of aliphatic hydroxyl groups is 1. The molecule has 1 aliphatic rings. The topological polar surface area (TPSA) is 72.1 Å². The second-order valence-electron chi connectivity index (χ2n) is 7.58. The maximum atomic E-state index is 13.1. The summed E-state index contributed by atoms with van der Waals surface area (Å²) in [6.45, 7) is 1.34. The summed E-state index contributed by atoms with van der Waals surface area (Å²) in [5.74, 6) is 1.01. The van der Waals surface area contributed by atoms with Crippen molar-refractivity contribution in [3.8, 4) is 22.8 Å². The van der Waals surface area contributed by atoms with Gasteiger partial charge in [0.05, 0.1) is 25.3 Å². The Balaban J connectivity index is 2.04. The molecule has 1 saturated heterocycles. The molecular weight excluding hydrogens is 406 g/mol. The lowest BCUT2D eigenvalue weighted by Gasteiger charge is -2.34. The van der Waals surface area contributed by atoms with Crippen LogP contribution >= 0.6 is 11.6 Å². The molecule has 1 N–H and O–H groups in total. The molecule has 2 atom stereocenters. The number of aliphatic hydroxyl groups excluding tert-OH is 1. The Morgan fingerprint density at radius 2 is 1.90 bits per heavy atom. The molecule has 2 unspecified atom stereocenters. The first-order chi connectivity index (χ1) is 14.4.